The Bertz CT molecular complexity index is 730. The lowest BCUT2D eigenvalue weighted by Gasteiger charge is -2.12. The van der Waals surface area contributed by atoms with Gasteiger partial charge in [-0.15, -0.1) is 5.10 Å². The molecule has 3 aromatic rings. The highest BCUT2D eigenvalue weighted by Gasteiger charge is 2.07. The van der Waals surface area contributed by atoms with Gasteiger partial charge < -0.3 is 5.32 Å². The number of nitrogens with zero attached hydrogens (tertiary/aromatic N) is 3. The van der Waals surface area contributed by atoms with E-state index in [0.29, 0.717) is 6.04 Å². The Hall–Kier alpha value is -2.20. The molecule has 0 aliphatic heterocycles. The van der Waals surface area contributed by atoms with Crippen LogP contribution in [0.4, 0.5) is 0 Å². The smallest absolute Gasteiger partial charge is 0.113 e. The van der Waals surface area contributed by atoms with E-state index in [-0.39, 0.29) is 0 Å². The van der Waals surface area contributed by atoms with E-state index in [9.17, 15) is 0 Å². The highest BCUT2D eigenvalue weighted by Crippen LogP contribution is 2.15. The molecule has 4 nitrogen and oxygen atoms in total. The lowest BCUT2D eigenvalue weighted by molar-refractivity contribution is 0.581. The molecule has 1 N–H and O–H groups in total. The van der Waals surface area contributed by atoms with E-state index in [1.54, 1.807) is 0 Å². The standard InChI is InChI=1S/C17H20N4/c1-13(2)18-11-14-7-3-4-8-15(14)12-21-17-10-6-5-9-16(17)19-20-21/h3-10,13,18H,11-12H2,1-2H3. The lowest BCUT2D eigenvalue weighted by Crippen LogP contribution is -2.22. The summed E-state index contributed by atoms with van der Waals surface area (Å²) in [4.78, 5) is 0. The van der Waals surface area contributed by atoms with Crippen molar-refractivity contribution in [1.82, 2.24) is 20.3 Å². The zero-order valence-electron chi connectivity index (χ0n) is 12.5. The highest BCUT2D eigenvalue weighted by atomic mass is 15.4. The van der Waals surface area contributed by atoms with Crippen molar-refractivity contribution in [2.75, 3.05) is 0 Å². The van der Waals surface area contributed by atoms with Crippen LogP contribution < -0.4 is 5.32 Å². The fraction of sp³-hybridized carbons (Fsp3) is 0.294. The third kappa shape index (κ3) is 3.11. The van der Waals surface area contributed by atoms with E-state index in [1.807, 2.05) is 22.9 Å². The number of rotatable bonds is 5. The molecule has 0 amide bonds. The Balaban J connectivity index is 1.87. The maximum atomic E-state index is 4.27. The summed E-state index contributed by atoms with van der Waals surface area (Å²) in [5.41, 5.74) is 4.60. The third-order valence-corrected chi connectivity index (χ3v) is 3.56. The molecule has 1 aromatic heterocycles. The second kappa shape index (κ2) is 6.06. The van der Waals surface area contributed by atoms with Gasteiger partial charge in [0.25, 0.3) is 0 Å². The van der Waals surface area contributed by atoms with Gasteiger partial charge in [-0.05, 0) is 23.3 Å². The molecule has 0 radical (unpaired) electrons. The first kappa shape index (κ1) is 13.8. The molecule has 0 atom stereocenters. The molecule has 0 spiro atoms. The number of hydrogen-bond acceptors (Lipinski definition) is 3. The number of hydrogen-bond donors (Lipinski definition) is 1. The van der Waals surface area contributed by atoms with Crippen LogP contribution in [0.3, 0.4) is 0 Å². The minimum absolute atomic E-state index is 0.477. The van der Waals surface area contributed by atoms with E-state index in [4.69, 9.17) is 0 Å². The van der Waals surface area contributed by atoms with Crippen LogP contribution in [0, 0.1) is 0 Å². The molecule has 0 unspecified atom stereocenters. The average molecular weight is 280 g/mol. The summed E-state index contributed by atoms with van der Waals surface area (Å²) in [6.45, 7) is 5.94. The zero-order valence-corrected chi connectivity index (χ0v) is 12.5. The van der Waals surface area contributed by atoms with Crippen molar-refractivity contribution in [3.05, 3.63) is 59.7 Å². The predicted octanol–water partition coefficient (Wildman–Crippen LogP) is 2.98. The molecule has 0 fully saturated rings. The van der Waals surface area contributed by atoms with Crippen molar-refractivity contribution < 1.29 is 0 Å². The van der Waals surface area contributed by atoms with E-state index in [1.165, 1.54) is 11.1 Å². The topological polar surface area (TPSA) is 42.7 Å². The molecule has 0 aliphatic carbocycles. The molecule has 3 rings (SSSR count). The third-order valence-electron chi connectivity index (χ3n) is 3.56. The first-order chi connectivity index (χ1) is 10.2. The van der Waals surface area contributed by atoms with Gasteiger partial charge in [-0.3, -0.25) is 0 Å². The summed E-state index contributed by atoms with van der Waals surface area (Å²) in [6.07, 6.45) is 0. The van der Waals surface area contributed by atoms with Crippen LogP contribution >= 0.6 is 0 Å². The zero-order chi connectivity index (χ0) is 14.7. The van der Waals surface area contributed by atoms with Crippen LogP contribution in [-0.2, 0) is 13.1 Å². The number of nitrogens with one attached hydrogen (secondary N) is 1. The van der Waals surface area contributed by atoms with Gasteiger partial charge in [0.15, 0.2) is 0 Å². The summed E-state index contributed by atoms with van der Waals surface area (Å²) >= 11 is 0. The summed E-state index contributed by atoms with van der Waals surface area (Å²) in [7, 11) is 0. The highest BCUT2D eigenvalue weighted by molar-refractivity contribution is 5.73. The molecular weight excluding hydrogens is 260 g/mol. The summed E-state index contributed by atoms with van der Waals surface area (Å²) in [5, 5.41) is 12.0. The SMILES string of the molecule is CC(C)NCc1ccccc1Cn1nnc2ccccc21. The molecule has 0 bridgehead atoms. The van der Waals surface area contributed by atoms with Crippen LogP contribution in [0.25, 0.3) is 11.0 Å². The monoisotopic (exact) mass is 280 g/mol. The molecule has 0 saturated carbocycles. The Morgan fingerprint density at radius 1 is 1.00 bits per heavy atom. The van der Waals surface area contributed by atoms with Crippen LogP contribution in [0.1, 0.15) is 25.0 Å². The summed E-state index contributed by atoms with van der Waals surface area (Å²) in [6, 6.07) is 17.0. The Morgan fingerprint density at radius 2 is 1.71 bits per heavy atom. The molecular formula is C17H20N4. The first-order valence-corrected chi connectivity index (χ1v) is 7.32. The van der Waals surface area contributed by atoms with E-state index in [2.05, 4.69) is 59.8 Å². The van der Waals surface area contributed by atoms with Crippen molar-refractivity contribution >= 4 is 11.0 Å². The van der Waals surface area contributed by atoms with Crippen molar-refractivity contribution in [3.8, 4) is 0 Å². The van der Waals surface area contributed by atoms with Gasteiger partial charge in [-0.25, -0.2) is 4.68 Å². The maximum Gasteiger partial charge on any atom is 0.113 e. The largest absolute Gasteiger partial charge is 0.310 e. The van der Waals surface area contributed by atoms with Gasteiger partial charge in [0.1, 0.15) is 5.52 Å². The molecule has 2 aromatic carbocycles. The van der Waals surface area contributed by atoms with Crippen LogP contribution in [0.15, 0.2) is 48.5 Å². The summed E-state index contributed by atoms with van der Waals surface area (Å²) in [5.74, 6) is 0. The molecule has 0 aliphatic rings. The normalized spacial score (nSPS) is 11.4. The average Bonchev–Trinajstić information content (AvgIpc) is 2.90. The predicted molar refractivity (Wildman–Crippen MR) is 85.0 cm³/mol. The Kier molecular flexibility index (Phi) is 3.97. The fourth-order valence-corrected chi connectivity index (χ4v) is 2.39. The first-order valence-electron chi connectivity index (χ1n) is 7.32. The number of aromatic nitrogens is 3. The van der Waals surface area contributed by atoms with Gasteiger partial charge in [0, 0.05) is 12.6 Å². The maximum absolute atomic E-state index is 4.27. The van der Waals surface area contributed by atoms with Gasteiger partial charge in [-0.1, -0.05) is 55.5 Å². The van der Waals surface area contributed by atoms with Gasteiger partial charge in [-0.2, -0.15) is 0 Å². The quantitative estimate of drug-likeness (QED) is 0.781. The summed E-state index contributed by atoms with van der Waals surface area (Å²) < 4.78 is 1.96. The Morgan fingerprint density at radius 3 is 2.52 bits per heavy atom. The van der Waals surface area contributed by atoms with Crippen LogP contribution in [0.5, 0.6) is 0 Å². The number of fused-ring (bicyclic) bond motifs is 1. The van der Waals surface area contributed by atoms with Gasteiger partial charge in [0.05, 0.1) is 12.1 Å². The van der Waals surface area contributed by atoms with Gasteiger partial charge >= 0.3 is 0 Å². The van der Waals surface area contributed by atoms with Crippen molar-refractivity contribution in [2.45, 2.75) is 33.0 Å². The molecule has 0 saturated heterocycles. The molecule has 21 heavy (non-hydrogen) atoms. The van der Waals surface area contributed by atoms with Crippen LogP contribution in [-0.4, -0.2) is 21.0 Å². The van der Waals surface area contributed by atoms with Crippen molar-refractivity contribution in [3.63, 3.8) is 0 Å². The minimum atomic E-state index is 0.477. The lowest BCUT2D eigenvalue weighted by atomic mass is 10.1. The van der Waals surface area contributed by atoms with E-state index >= 15 is 0 Å². The second-order valence-electron chi connectivity index (χ2n) is 5.54. The van der Waals surface area contributed by atoms with Crippen molar-refractivity contribution in [2.24, 2.45) is 0 Å². The molecule has 108 valence electrons. The van der Waals surface area contributed by atoms with Crippen LogP contribution in [0.2, 0.25) is 0 Å². The van der Waals surface area contributed by atoms with Crippen molar-refractivity contribution in [1.29, 1.82) is 0 Å². The minimum Gasteiger partial charge on any atom is -0.310 e. The van der Waals surface area contributed by atoms with Gasteiger partial charge in [0.2, 0.25) is 0 Å². The van der Waals surface area contributed by atoms with E-state index < -0.39 is 0 Å². The number of para-hydroxylation sites is 1. The Labute approximate surface area is 124 Å². The number of benzene rings is 2. The fourth-order valence-electron chi connectivity index (χ4n) is 2.39. The molecule has 1 heterocycles. The molecule has 4 heteroatoms. The second-order valence-corrected chi connectivity index (χ2v) is 5.54. The van der Waals surface area contributed by atoms with E-state index in [0.717, 1.165) is 24.1 Å².